The molecule has 3 rings (SSSR count). The van der Waals surface area contributed by atoms with Gasteiger partial charge in [0.25, 0.3) is 0 Å². The van der Waals surface area contributed by atoms with E-state index in [4.69, 9.17) is 0 Å². The summed E-state index contributed by atoms with van der Waals surface area (Å²) in [6, 6.07) is 10.8. The molecule has 2 aliphatic heterocycles. The van der Waals surface area contributed by atoms with Gasteiger partial charge >= 0.3 is 0 Å². The van der Waals surface area contributed by atoms with Gasteiger partial charge in [-0.05, 0) is 69.9 Å². The summed E-state index contributed by atoms with van der Waals surface area (Å²) in [6.45, 7) is 7.95. The minimum atomic E-state index is 0.959. The van der Waals surface area contributed by atoms with Gasteiger partial charge in [0.1, 0.15) is 0 Å². The highest BCUT2D eigenvalue weighted by atomic mass is 32.2. The fourth-order valence-electron chi connectivity index (χ4n) is 3.53. The Bertz CT molecular complexity index is 395. The van der Waals surface area contributed by atoms with Crippen molar-refractivity contribution >= 4 is 11.8 Å². The zero-order valence-corrected chi connectivity index (χ0v) is 13.9. The Kier molecular flexibility index (Phi) is 6.02. The van der Waals surface area contributed by atoms with E-state index in [0.29, 0.717) is 0 Å². The van der Waals surface area contributed by atoms with Crippen molar-refractivity contribution in [3.63, 3.8) is 0 Å². The second-order valence-corrected chi connectivity index (χ2v) is 7.62. The fraction of sp³-hybridized carbons (Fsp3) is 0.667. The first-order valence-electron chi connectivity index (χ1n) is 8.53. The molecule has 2 fully saturated rings. The van der Waals surface area contributed by atoms with Crippen LogP contribution in [0, 0.1) is 5.92 Å². The number of piperidine rings is 1. The van der Waals surface area contributed by atoms with Crippen LogP contribution >= 0.6 is 11.8 Å². The van der Waals surface area contributed by atoms with Crippen molar-refractivity contribution < 1.29 is 0 Å². The van der Waals surface area contributed by atoms with E-state index in [-0.39, 0.29) is 0 Å². The molecule has 2 heterocycles. The van der Waals surface area contributed by atoms with Gasteiger partial charge in [-0.1, -0.05) is 18.2 Å². The van der Waals surface area contributed by atoms with Crippen LogP contribution in [0.5, 0.6) is 0 Å². The molecule has 0 spiro atoms. The Morgan fingerprint density at radius 3 is 2.33 bits per heavy atom. The molecule has 0 bridgehead atoms. The van der Waals surface area contributed by atoms with Crippen molar-refractivity contribution in [2.45, 2.75) is 30.6 Å². The molecule has 0 saturated carbocycles. The number of nitrogens with zero attached hydrogens (tertiary/aromatic N) is 2. The van der Waals surface area contributed by atoms with Crippen LogP contribution in [0.25, 0.3) is 0 Å². The zero-order valence-electron chi connectivity index (χ0n) is 13.0. The van der Waals surface area contributed by atoms with E-state index in [1.165, 1.54) is 75.6 Å². The van der Waals surface area contributed by atoms with Crippen molar-refractivity contribution in [1.82, 2.24) is 9.80 Å². The lowest BCUT2D eigenvalue weighted by Gasteiger charge is -2.33. The third-order valence-electron chi connectivity index (χ3n) is 4.84. The van der Waals surface area contributed by atoms with E-state index in [1.807, 2.05) is 11.8 Å². The predicted molar refractivity (Wildman–Crippen MR) is 92.0 cm³/mol. The second-order valence-electron chi connectivity index (χ2n) is 6.45. The van der Waals surface area contributed by atoms with Gasteiger partial charge in [-0.2, -0.15) is 0 Å². The van der Waals surface area contributed by atoms with E-state index in [2.05, 4.69) is 40.1 Å². The molecule has 2 saturated heterocycles. The number of thioether (sulfide) groups is 1. The molecule has 0 N–H and O–H groups in total. The number of hydrogen-bond acceptors (Lipinski definition) is 3. The topological polar surface area (TPSA) is 6.48 Å². The maximum absolute atomic E-state index is 2.69. The van der Waals surface area contributed by atoms with Gasteiger partial charge in [0.15, 0.2) is 0 Å². The normalized spacial score (nSPS) is 21.9. The highest BCUT2D eigenvalue weighted by Crippen LogP contribution is 2.22. The van der Waals surface area contributed by atoms with Crippen molar-refractivity contribution in [1.29, 1.82) is 0 Å². The van der Waals surface area contributed by atoms with Gasteiger partial charge in [-0.25, -0.2) is 0 Å². The molecule has 2 nitrogen and oxygen atoms in total. The van der Waals surface area contributed by atoms with Gasteiger partial charge in [-0.15, -0.1) is 11.8 Å². The summed E-state index contributed by atoms with van der Waals surface area (Å²) in [5.74, 6) is 2.18. The molecule has 0 aliphatic carbocycles. The lowest BCUT2D eigenvalue weighted by atomic mass is 9.96. The van der Waals surface area contributed by atoms with Gasteiger partial charge in [0.2, 0.25) is 0 Å². The van der Waals surface area contributed by atoms with E-state index in [0.717, 1.165) is 5.92 Å². The Labute approximate surface area is 133 Å². The van der Waals surface area contributed by atoms with Crippen molar-refractivity contribution in [2.24, 2.45) is 5.92 Å². The third kappa shape index (κ3) is 5.01. The zero-order chi connectivity index (χ0) is 14.3. The summed E-state index contributed by atoms with van der Waals surface area (Å²) >= 11 is 1.99. The molecule has 0 amide bonds. The molecule has 116 valence electrons. The average molecular weight is 305 g/mol. The number of hydrogen-bond donors (Lipinski definition) is 0. The minimum absolute atomic E-state index is 0.959. The van der Waals surface area contributed by atoms with Gasteiger partial charge in [0.05, 0.1) is 0 Å². The quantitative estimate of drug-likeness (QED) is 0.742. The van der Waals surface area contributed by atoms with Crippen LogP contribution in [0.2, 0.25) is 0 Å². The van der Waals surface area contributed by atoms with Gasteiger partial charge in [-0.3, -0.25) is 0 Å². The second kappa shape index (κ2) is 8.21. The first kappa shape index (κ1) is 15.4. The van der Waals surface area contributed by atoms with E-state index in [1.54, 1.807) is 0 Å². The van der Waals surface area contributed by atoms with E-state index in [9.17, 15) is 0 Å². The molecule has 1 aromatic rings. The molecule has 21 heavy (non-hydrogen) atoms. The van der Waals surface area contributed by atoms with Crippen LogP contribution in [-0.4, -0.2) is 54.8 Å². The summed E-state index contributed by atoms with van der Waals surface area (Å²) in [7, 11) is 0. The molecular formula is C18H28N2S. The molecule has 2 aliphatic rings. The molecule has 0 radical (unpaired) electrons. The van der Waals surface area contributed by atoms with Gasteiger partial charge in [0, 0.05) is 23.7 Å². The Balaban J connectivity index is 1.30. The summed E-state index contributed by atoms with van der Waals surface area (Å²) in [6.07, 6.45) is 5.67. The van der Waals surface area contributed by atoms with E-state index >= 15 is 0 Å². The van der Waals surface area contributed by atoms with Crippen LogP contribution in [0.4, 0.5) is 0 Å². The smallest absolute Gasteiger partial charge is 0.0108 e. The predicted octanol–water partition coefficient (Wildman–Crippen LogP) is 3.59. The van der Waals surface area contributed by atoms with Crippen LogP contribution < -0.4 is 0 Å². The highest BCUT2D eigenvalue weighted by Gasteiger charge is 2.22. The average Bonchev–Trinajstić information content (AvgIpc) is 3.03. The SMILES string of the molecule is c1ccc(SCCN2CCC(CN3CCCC3)CC2)cc1. The minimum Gasteiger partial charge on any atom is -0.303 e. The molecular weight excluding hydrogens is 276 g/mol. The highest BCUT2D eigenvalue weighted by molar-refractivity contribution is 7.99. The molecule has 0 unspecified atom stereocenters. The summed E-state index contributed by atoms with van der Waals surface area (Å²) in [5.41, 5.74) is 0. The number of benzene rings is 1. The summed E-state index contributed by atoms with van der Waals surface area (Å²) in [4.78, 5) is 6.75. The number of rotatable bonds is 6. The van der Waals surface area contributed by atoms with Crippen molar-refractivity contribution in [3.05, 3.63) is 30.3 Å². The van der Waals surface area contributed by atoms with Gasteiger partial charge < -0.3 is 9.80 Å². The van der Waals surface area contributed by atoms with E-state index < -0.39 is 0 Å². The summed E-state index contributed by atoms with van der Waals surface area (Å²) < 4.78 is 0. The van der Waals surface area contributed by atoms with Crippen LogP contribution in [0.1, 0.15) is 25.7 Å². The molecule has 0 atom stereocenters. The number of likely N-dealkylation sites (tertiary alicyclic amines) is 2. The fourth-order valence-corrected chi connectivity index (χ4v) is 4.47. The Morgan fingerprint density at radius 2 is 1.62 bits per heavy atom. The van der Waals surface area contributed by atoms with Crippen molar-refractivity contribution in [3.8, 4) is 0 Å². The molecule has 1 aromatic carbocycles. The molecule has 3 heteroatoms. The largest absolute Gasteiger partial charge is 0.303 e. The maximum Gasteiger partial charge on any atom is 0.0108 e. The molecule has 0 aromatic heterocycles. The van der Waals surface area contributed by atoms with Crippen LogP contribution in [0.15, 0.2) is 35.2 Å². The lowest BCUT2D eigenvalue weighted by Crippen LogP contribution is -2.39. The Hall–Kier alpha value is -0.510. The third-order valence-corrected chi connectivity index (χ3v) is 5.83. The summed E-state index contributed by atoms with van der Waals surface area (Å²) in [5, 5.41) is 0. The van der Waals surface area contributed by atoms with Crippen molar-refractivity contribution in [2.75, 3.05) is 45.0 Å². The standard InChI is InChI=1S/C18H28N2S/c1-2-6-18(7-3-1)21-15-14-19-12-8-17(9-13-19)16-20-10-4-5-11-20/h1-3,6-7,17H,4-5,8-16H2. The van der Waals surface area contributed by atoms with Crippen LogP contribution in [-0.2, 0) is 0 Å². The first-order valence-corrected chi connectivity index (χ1v) is 9.51. The van der Waals surface area contributed by atoms with Crippen LogP contribution in [0.3, 0.4) is 0 Å². The Morgan fingerprint density at radius 1 is 0.905 bits per heavy atom. The maximum atomic E-state index is 2.69. The lowest BCUT2D eigenvalue weighted by molar-refractivity contribution is 0.160. The first-order chi connectivity index (χ1) is 10.4. The monoisotopic (exact) mass is 304 g/mol.